The zero-order chi connectivity index (χ0) is 12.7. The largest absolute Gasteiger partial charge is 0.409 e. The third kappa shape index (κ3) is 3.96. The first-order valence-corrected chi connectivity index (χ1v) is 5.49. The lowest BCUT2D eigenvalue weighted by Gasteiger charge is -2.31. The molecule has 6 heteroatoms. The van der Waals surface area contributed by atoms with Gasteiger partial charge in [0.15, 0.2) is 5.84 Å². The van der Waals surface area contributed by atoms with E-state index < -0.39 is 0 Å². The van der Waals surface area contributed by atoms with Crippen molar-refractivity contribution in [1.29, 1.82) is 0 Å². The first-order chi connectivity index (χ1) is 7.47. The van der Waals surface area contributed by atoms with Crippen LogP contribution in [0.15, 0.2) is 5.16 Å². The predicted octanol–water partition coefficient (Wildman–Crippen LogP) is 0.905. The molecule has 0 atom stereocenters. The summed E-state index contributed by atoms with van der Waals surface area (Å²) in [5.41, 5.74) is 5.42. The number of carbonyl (C=O) groups excluding carboxylic acids is 1. The summed E-state index contributed by atoms with van der Waals surface area (Å²) in [5.74, 6) is 0.0363. The minimum atomic E-state index is -0.0911. The van der Waals surface area contributed by atoms with Crippen LogP contribution in [-0.2, 0) is 0 Å². The number of amides is 2. The second-order valence-electron chi connectivity index (χ2n) is 3.77. The number of nitrogens with zero attached hydrogens (tertiary/aromatic N) is 3. The molecule has 6 nitrogen and oxygen atoms in total. The topological polar surface area (TPSA) is 82.2 Å². The lowest BCUT2D eigenvalue weighted by atomic mass is 10.3. The van der Waals surface area contributed by atoms with Crippen LogP contribution in [0, 0.1) is 0 Å². The van der Waals surface area contributed by atoms with E-state index in [1.807, 2.05) is 27.7 Å². The minimum absolute atomic E-state index is 0.00778. The summed E-state index contributed by atoms with van der Waals surface area (Å²) in [6, 6.07) is -0.0833. The Morgan fingerprint density at radius 1 is 1.38 bits per heavy atom. The molecule has 0 aliphatic carbocycles. The Hall–Kier alpha value is -1.46. The van der Waals surface area contributed by atoms with Gasteiger partial charge in [0.2, 0.25) is 0 Å². The van der Waals surface area contributed by atoms with Crippen LogP contribution in [0.3, 0.4) is 0 Å². The van der Waals surface area contributed by atoms with Gasteiger partial charge >= 0.3 is 6.03 Å². The van der Waals surface area contributed by atoms with Crippen LogP contribution in [0.2, 0.25) is 0 Å². The van der Waals surface area contributed by atoms with E-state index in [0.717, 1.165) is 0 Å². The number of nitrogens with two attached hydrogens (primary N) is 1. The van der Waals surface area contributed by atoms with Gasteiger partial charge in [-0.3, -0.25) is 0 Å². The molecule has 2 amide bonds. The van der Waals surface area contributed by atoms with Crippen LogP contribution in [0.5, 0.6) is 0 Å². The molecule has 0 aromatic rings. The molecule has 0 saturated carbocycles. The van der Waals surface area contributed by atoms with Crippen LogP contribution < -0.4 is 5.73 Å². The lowest BCUT2D eigenvalue weighted by molar-refractivity contribution is 0.151. The molecule has 3 N–H and O–H groups in total. The maximum Gasteiger partial charge on any atom is 0.320 e. The van der Waals surface area contributed by atoms with E-state index in [1.165, 1.54) is 0 Å². The van der Waals surface area contributed by atoms with E-state index >= 15 is 0 Å². The summed E-state index contributed by atoms with van der Waals surface area (Å²) in [7, 11) is 0. The summed E-state index contributed by atoms with van der Waals surface area (Å²) >= 11 is 0. The first-order valence-electron chi connectivity index (χ1n) is 5.49. The minimum Gasteiger partial charge on any atom is -0.409 e. The monoisotopic (exact) mass is 230 g/mol. The maximum atomic E-state index is 12.1. The zero-order valence-corrected chi connectivity index (χ0v) is 10.5. The highest BCUT2D eigenvalue weighted by Gasteiger charge is 2.22. The van der Waals surface area contributed by atoms with Crippen LogP contribution in [0.4, 0.5) is 4.79 Å². The highest BCUT2D eigenvalue weighted by Crippen LogP contribution is 2.04. The number of hydrogen-bond donors (Lipinski definition) is 2. The summed E-state index contributed by atoms with van der Waals surface area (Å²) in [6.45, 7) is 9.07. The van der Waals surface area contributed by atoms with Gasteiger partial charge in [-0.1, -0.05) is 5.16 Å². The van der Waals surface area contributed by atoms with Crippen LogP contribution in [0.1, 0.15) is 27.7 Å². The normalized spacial score (nSPS) is 11.7. The number of rotatable bonds is 5. The quantitative estimate of drug-likeness (QED) is 0.319. The smallest absolute Gasteiger partial charge is 0.320 e. The number of urea groups is 1. The second-order valence-corrected chi connectivity index (χ2v) is 3.77. The molecule has 0 saturated heterocycles. The van der Waals surface area contributed by atoms with Gasteiger partial charge < -0.3 is 20.7 Å². The zero-order valence-electron chi connectivity index (χ0n) is 10.5. The van der Waals surface area contributed by atoms with Gasteiger partial charge in [0.25, 0.3) is 0 Å². The van der Waals surface area contributed by atoms with Crippen molar-refractivity contribution in [3.05, 3.63) is 0 Å². The van der Waals surface area contributed by atoms with E-state index in [2.05, 4.69) is 5.16 Å². The summed E-state index contributed by atoms with van der Waals surface area (Å²) in [4.78, 5) is 15.3. The molecule has 0 aromatic carbocycles. The fourth-order valence-corrected chi connectivity index (χ4v) is 1.35. The molecule has 0 unspecified atom stereocenters. The van der Waals surface area contributed by atoms with Crippen LogP contribution >= 0.6 is 0 Å². The number of oxime groups is 1. The Balaban J connectivity index is 4.71. The summed E-state index contributed by atoms with van der Waals surface area (Å²) < 4.78 is 0. The fraction of sp³-hybridized carbons (Fsp3) is 0.800. The van der Waals surface area contributed by atoms with Crippen molar-refractivity contribution in [2.24, 2.45) is 10.9 Å². The number of carbonyl (C=O) groups is 1. The molecule has 94 valence electrons. The van der Waals surface area contributed by atoms with Gasteiger partial charge in [-0.25, -0.2) is 4.79 Å². The number of hydrogen-bond acceptors (Lipinski definition) is 3. The lowest BCUT2D eigenvalue weighted by Crippen LogP contribution is -2.49. The summed E-state index contributed by atoms with van der Waals surface area (Å²) in [5, 5.41) is 11.4. The van der Waals surface area contributed by atoms with Gasteiger partial charge in [0.1, 0.15) is 0 Å². The van der Waals surface area contributed by atoms with E-state index in [1.54, 1.807) is 9.80 Å². The average Bonchev–Trinajstić information content (AvgIpc) is 2.26. The van der Waals surface area contributed by atoms with Gasteiger partial charge in [-0.15, -0.1) is 0 Å². The van der Waals surface area contributed by atoms with Crippen molar-refractivity contribution >= 4 is 11.9 Å². The second kappa shape index (κ2) is 6.92. The van der Waals surface area contributed by atoms with E-state index in [4.69, 9.17) is 10.9 Å². The molecule has 0 aliphatic rings. The van der Waals surface area contributed by atoms with Crippen LogP contribution in [0.25, 0.3) is 0 Å². The molecule has 0 bridgehead atoms. The molecule has 0 aromatic heterocycles. The Morgan fingerprint density at radius 2 is 1.88 bits per heavy atom. The highest BCUT2D eigenvalue weighted by molar-refractivity contribution is 5.86. The fourth-order valence-electron chi connectivity index (χ4n) is 1.35. The molecule has 0 spiro atoms. The first kappa shape index (κ1) is 14.5. The van der Waals surface area contributed by atoms with Crippen molar-refractivity contribution in [1.82, 2.24) is 9.80 Å². The molecule has 0 aliphatic heterocycles. The third-order valence-electron chi connectivity index (χ3n) is 2.36. The van der Waals surface area contributed by atoms with Crippen molar-refractivity contribution in [3.63, 3.8) is 0 Å². The maximum absolute atomic E-state index is 12.1. The predicted molar refractivity (Wildman–Crippen MR) is 63.6 cm³/mol. The molecular formula is C10H22N4O2. The van der Waals surface area contributed by atoms with E-state index in [9.17, 15) is 4.79 Å². The van der Waals surface area contributed by atoms with Crippen molar-refractivity contribution in [2.45, 2.75) is 33.7 Å². The van der Waals surface area contributed by atoms with Gasteiger partial charge in [0, 0.05) is 19.1 Å². The van der Waals surface area contributed by atoms with Crippen molar-refractivity contribution in [2.75, 3.05) is 19.6 Å². The van der Waals surface area contributed by atoms with E-state index in [0.29, 0.717) is 13.1 Å². The van der Waals surface area contributed by atoms with Gasteiger partial charge in [-0.05, 0) is 27.7 Å². The molecule has 16 heavy (non-hydrogen) atoms. The van der Waals surface area contributed by atoms with Gasteiger partial charge in [0.05, 0.1) is 6.54 Å². The summed E-state index contributed by atoms with van der Waals surface area (Å²) in [6.07, 6.45) is 0. The molecular weight excluding hydrogens is 208 g/mol. The molecule has 0 rings (SSSR count). The Bertz CT molecular complexity index is 249. The Kier molecular flexibility index (Phi) is 6.29. The number of amidine groups is 1. The SMILES string of the molecule is CCN(CC)C(=O)N(CC(N)=NO)C(C)C. The average molecular weight is 230 g/mol. The Morgan fingerprint density at radius 3 is 2.19 bits per heavy atom. The Labute approximate surface area is 96.7 Å². The molecule has 0 heterocycles. The molecule has 0 radical (unpaired) electrons. The van der Waals surface area contributed by atoms with Gasteiger partial charge in [-0.2, -0.15) is 0 Å². The molecule has 0 fully saturated rings. The van der Waals surface area contributed by atoms with Crippen LogP contribution in [-0.4, -0.2) is 52.5 Å². The van der Waals surface area contributed by atoms with Crippen molar-refractivity contribution < 1.29 is 10.0 Å². The van der Waals surface area contributed by atoms with Crippen molar-refractivity contribution in [3.8, 4) is 0 Å². The third-order valence-corrected chi connectivity index (χ3v) is 2.36. The standard InChI is InChI=1S/C10H22N4O2/c1-5-13(6-2)10(15)14(8(3)4)7-9(11)12-16/h8,16H,5-7H2,1-4H3,(H2,11,12). The van der Waals surface area contributed by atoms with E-state index in [-0.39, 0.29) is 24.5 Å². The highest BCUT2D eigenvalue weighted by atomic mass is 16.4.